The van der Waals surface area contributed by atoms with Crippen molar-refractivity contribution < 1.29 is 18.7 Å². The van der Waals surface area contributed by atoms with Gasteiger partial charge in [-0.25, -0.2) is 9.78 Å². The van der Waals surface area contributed by atoms with Crippen LogP contribution in [0.2, 0.25) is 0 Å². The molecular weight excluding hydrogens is 366 g/mol. The van der Waals surface area contributed by atoms with Crippen LogP contribution in [-0.4, -0.2) is 24.7 Å². The number of benzene rings is 2. The van der Waals surface area contributed by atoms with E-state index >= 15 is 0 Å². The van der Waals surface area contributed by atoms with E-state index in [9.17, 15) is 4.79 Å². The molecule has 0 saturated carbocycles. The predicted octanol–water partition coefficient (Wildman–Crippen LogP) is 4.93. The number of carbonyl (C=O) groups excluding carboxylic acids is 1. The Bertz CT molecular complexity index is 960. The second kappa shape index (κ2) is 10.3. The Labute approximate surface area is 171 Å². The van der Waals surface area contributed by atoms with Crippen molar-refractivity contribution in [1.82, 2.24) is 4.98 Å². The van der Waals surface area contributed by atoms with Crippen LogP contribution in [0.5, 0.6) is 5.75 Å². The van der Waals surface area contributed by atoms with Gasteiger partial charge < -0.3 is 13.9 Å². The van der Waals surface area contributed by atoms with Crippen LogP contribution in [0, 0.1) is 6.92 Å². The number of esters is 1. The first-order valence-corrected chi connectivity index (χ1v) is 9.63. The highest BCUT2D eigenvalue weighted by molar-refractivity contribution is 5.81. The van der Waals surface area contributed by atoms with Gasteiger partial charge in [-0.3, -0.25) is 0 Å². The SMILES string of the molecule is COC(=O)/C=C/CCc1cccc(OCCc2nc(-c3ccccc3)oc2C)c1. The van der Waals surface area contributed by atoms with E-state index in [1.807, 2.05) is 67.6 Å². The Hall–Kier alpha value is -3.34. The van der Waals surface area contributed by atoms with E-state index in [1.165, 1.54) is 13.2 Å². The number of hydrogen-bond donors (Lipinski definition) is 0. The summed E-state index contributed by atoms with van der Waals surface area (Å²) >= 11 is 0. The van der Waals surface area contributed by atoms with E-state index in [2.05, 4.69) is 9.72 Å². The van der Waals surface area contributed by atoms with Gasteiger partial charge in [-0.1, -0.05) is 36.4 Å². The van der Waals surface area contributed by atoms with Crippen LogP contribution in [0.1, 0.15) is 23.4 Å². The van der Waals surface area contributed by atoms with E-state index in [1.54, 1.807) is 0 Å². The number of aryl methyl sites for hydroxylation is 2. The molecule has 1 heterocycles. The van der Waals surface area contributed by atoms with Crippen molar-refractivity contribution in [1.29, 1.82) is 0 Å². The number of ether oxygens (including phenoxy) is 2. The summed E-state index contributed by atoms with van der Waals surface area (Å²) in [6.45, 7) is 2.45. The van der Waals surface area contributed by atoms with Crippen LogP contribution in [0.15, 0.2) is 71.2 Å². The second-order valence-corrected chi connectivity index (χ2v) is 6.60. The molecule has 0 aliphatic carbocycles. The van der Waals surface area contributed by atoms with Crippen LogP contribution >= 0.6 is 0 Å². The van der Waals surface area contributed by atoms with Crippen LogP contribution in [-0.2, 0) is 22.4 Å². The standard InChI is InChI=1S/C24H25NO4/c1-18-22(25-24(29-18)20-11-4-3-5-12-20)15-16-28-21-13-8-10-19(17-21)9-6-7-14-23(26)27-2/h3-5,7-8,10-14,17H,6,9,15-16H2,1-2H3/b14-7+. The molecule has 2 aromatic carbocycles. The first-order chi connectivity index (χ1) is 14.2. The molecule has 150 valence electrons. The lowest BCUT2D eigenvalue weighted by Gasteiger charge is -2.07. The number of methoxy groups -OCH3 is 1. The summed E-state index contributed by atoms with van der Waals surface area (Å²) in [6, 6.07) is 17.9. The maximum absolute atomic E-state index is 11.1. The van der Waals surface area contributed by atoms with Gasteiger partial charge in [-0.15, -0.1) is 0 Å². The van der Waals surface area contributed by atoms with Crippen LogP contribution < -0.4 is 4.74 Å². The third-order valence-corrected chi connectivity index (χ3v) is 4.47. The lowest BCUT2D eigenvalue weighted by atomic mass is 10.1. The van der Waals surface area contributed by atoms with Crippen molar-refractivity contribution in [3.63, 3.8) is 0 Å². The minimum Gasteiger partial charge on any atom is -0.493 e. The van der Waals surface area contributed by atoms with Crippen molar-refractivity contribution in [2.24, 2.45) is 0 Å². The Morgan fingerprint density at radius 2 is 1.93 bits per heavy atom. The zero-order valence-corrected chi connectivity index (χ0v) is 16.8. The maximum atomic E-state index is 11.1. The quantitative estimate of drug-likeness (QED) is 0.382. The van der Waals surface area contributed by atoms with Crippen molar-refractivity contribution in [3.8, 4) is 17.2 Å². The van der Waals surface area contributed by atoms with Gasteiger partial charge in [0.2, 0.25) is 5.89 Å². The zero-order valence-electron chi connectivity index (χ0n) is 16.8. The molecule has 1 aromatic heterocycles. The molecule has 3 rings (SSSR count). The highest BCUT2D eigenvalue weighted by Gasteiger charge is 2.11. The molecule has 3 aromatic rings. The molecular formula is C24H25NO4. The summed E-state index contributed by atoms with van der Waals surface area (Å²) in [5, 5.41) is 0. The molecule has 0 N–H and O–H groups in total. The molecule has 0 aliphatic heterocycles. The largest absolute Gasteiger partial charge is 0.493 e. The average Bonchev–Trinajstić information content (AvgIpc) is 3.12. The molecule has 0 amide bonds. The lowest BCUT2D eigenvalue weighted by Crippen LogP contribution is -2.03. The van der Waals surface area contributed by atoms with Gasteiger partial charge >= 0.3 is 5.97 Å². The van der Waals surface area contributed by atoms with Crippen molar-refractivity contribution >= 4 is 5.97 Å². The molecule has 0 aliphatic rings. The van der Waals surface area contributed by atoms with Crippen LogP contribution in [0.4, 0.5) is 0 Å². The highest BCUT2D eigenvalue weighted by atomic mass is 16.5. The normalized spacial score (nSPS) is 11.0. The van der Waals surface area contributed by atoms with Crippen LogP contribution in [0.25, 0.3) is 11.5 Å². The molecule has 0 bridgehead atoms. The summed E-state index contributed by atoms with van der Waals surface area (Å²) in [6.07, 6.45) is 5.53. The summed E-state index contributed by atoms with van der Waals surface area (Å²) in [7, 11) is 1.37. The number of allylic oxidation sites excluding steroid dienone is 1. The van der Waals surface area contributed by atoms with Crippen LogP contribution in [0.3, 0.4) is 0 Å². The van der Waals surface area contributed by atoms with E-state index in [-0.39, 0.29) is 5.97 Å². The minimum absolute atomic E-state index is 0.333. The van der Waals surface area contributed by atoms with Gasteiger partial charge in [0.15, 0.2) is 0 Å². The number of hydrogen-bond acceptors (Lipinski definition) is 5. The van der Waals surface area contributed by atoms with Crippen molar-refractivity contribution in [2.75, 3.05) is 13.7 Å². The third-order valence-electron chi connectivity index (χ3n) is 4.47. The average molecular weight is 391 g/mol. The molecule has 0 spiro atoms. The van der Waals surface area contributed by atoms with Gasteiger partial charge in [0.05, 0.1) is 19.4 Å². The zero-order chi connectivity index (χ0) is 20.5. The van der Waals surface area contributed by atoms with Gasteiger partial charge in [-0.2, -0.15) is 0 Å². The van der Waals surface area contributed by atoms with E-state index in [0.29, 0.717) is 18.9 Å². The fourth-order valence-electron chi connectivity index (χ4n) is 2.92. The molecule has 5 nitrogen and oxygen atoms in total. The smallest absolute Gasteiger partial charge is 0.330 e. The first kappa shape index (κ1) is 20.4. The van der Waals surface area contributed by atoms with Crippen molar-refractivity contribution in [3.05, 3.63) is 83.8 Å². The topological polar surface area (TPSA) is 61.6 Å². The maximum Gasteiger partial charge on any atom is 0.330 e. The molecule has 5 heteroatoms. The Kier molecular flexibility index (Phi) is 7.22. The Morgan fingerprint density at radius 3 is 2.72 bits per heavy atom. The Balaban J connectivity index is 1.51. The van der Waals surface area contributed by atoms with Gasteiger partial charge in [0.1, 0.15) is 11.5 Å². The van der Waals surface area contributed by atoms with E-state index in [4.69, 9.17) is 9.15 Å². The second-order valence-electron chi connectivity index (χ2n) is 6.60. The summed E-state index contributed by atoms with van der Waals surface area (Å²) in [5.41, 5.74) is 3.03. The number of carbonyl (C=O) groups is 1. The molecule has 0 atom stereocenters. The molecule has 0 saturated heterocycles. The fraction of sp³-hybridized carbons (Fsp3) is 0.250. The summed E-state index contributed by atoms with van der Waals surface area (Å²) in [4.78, 5) is 15.7. The van der Waals surface area contributed by atoms with Gasteiger partial charge in [-0.05, 0) is 49.6 Å². The van der Waals surface area contributed by atoms with Gasteiger partial charge in [0.25, 0.3) is 0 Å². The predicted molar refractivity (Wildman–Crippen MR) is 112 cm³/mol. The molecule has 29 heavy (non-hydrogen) atoms. The highest BCUT2D eigenvalue weighted by Crippen LogP contribution is 2.22. The summed E-state index contributed by atoms with van der Waals surface area (Å²) < 4.78 is 16.3. The number of aromatic nitrogens is 1. The number of nitrogens with zero attached hydrogens (tertiary/aromatic N) is 1. The van der Waals surface area contributed by atoms with E-state index < -0.39 is 0 Å². The third kappa shape index (κ3) is 6.07. The first-order valence-electron chi connectivity index (χ1n) is 9.63. The van der Waals surface area contributed by atoms with Crippen molar-refractivity contribution in [2.45, 2.75) is 26.2 Å². The summed E-state index contributed by atoms with van der Waals surface area (Å²) in [5.74, 6) is 1.95. The number of oxazole rings is 1. The number of rotatable bonds is 9. The van der Waals surface area contributed by atoms with E-state index in [0.717, 1.165) is 41.2 Å². The lowest BCUT2D eigenvalue weighted by molar-refractivity contribution is -0.134. The molecule has 0 unspecified atom stereocenters. The Morgan fingerprint density at radius 1 is 1.10 bits per heavy atom. The fourth-order valence-corrected chi connectivity index (χ4v) is 2.92. The molecule has 0 radical (unpaired) electrons. The molecule has 0 fully saturated rings. The minimum atomic E-state index is -0.333. The van der Waals surface area contributed by atoms with Gasteiger partial charge in [0, 0.05) is 18.1 Å². The monoisotopic (exact) mass is 391 g/mol.